The fourth-order valence-electron chi connectivity index (χ4n) is 6.76. The zero-order valence-corrected chi connectivity index (χ0v) is 29.5. The van der Waals surface area contributed by atoms with E-state index in [9.17, 15) is 0 Å². The molecule has 0 spiro atoms. The molecular weight excluding hydrogens is 631 g/mol. The highest BCUT2D eigenvalue weighted by molar-refractivity contribution is 5.91. The Morgan fingerprint density at radius 3 is 1.71 bits per heavy atom. The van der Waals surface area contributed by atoms with Crippen molar-refractivity contribution in [2.45, 2.75) is 58.0 Å². The van der Waals surface area contributed by atoms with Crippen LogP contribution in [-0.4, -0.2) is 46.1 Å². The molecule has 4 heterocycles. The number of para-hydroxylation sites is 2. The van der Waals surface area contributed by atoms with Crippen LogP contribution in [0.2, 0.25) is 0 Å². The number of nitrogens with zero attached hydrogens (tertiary/aromatic N) is 7. The average Bonchev–Trinajstić information content (AvgIpc) is 3.73. The molecule has 2 aliphatic heterocycles. The zero-order valence-electron chi connectivity index (χ0n) is 29.5. The predicted octanol–water partition coefficient (Wildman–Crippen LogP) is 8.68. The topological polar surface area (TPSA) is 106 Å². The van der Waals surface area contributed by atoms with Crippen LogP contribution in [0.25, 0.3) is 21.8 Å². The lowest BCUT2D eigenvalue weighted by Crippen LogP contribution is -2.31. The van der Waals surface area contributed by atoms with Gasteiger partial charge in [0.25, 0.3) is 0 Å². The van der Waals surface area contributed by atoms with Crippen LogP contribution in [-0.2, 0) is 12.1 Å². The van der Waals surface area contributed by atoms with E-state index in [0.717, 1.165) is 77.1 Å². The Balaban J connectivity index is 0.000000159. The van der Waals surface area contributed by atoms with Crippen molar-refractivity contribution in [3.05, 3.63) is 120 Å². The molecule has 0 bridgehead atoms. The molecule has 0 amide bonds. The van der Waals surface area contributed by atoms with Crippen molar-refractivity contribution in [2.75, 3.05) is 46.6 Å². The van der Waals surface area contributed by atoms with Gasteiger partial charge in [0.15, 0.2) is 0 Å². The maximum absolute atomic E-state index is 8.92. The minimum absolute atomic E-state index is 0.222. The Morgan fingerprint density at radius 1 is 0.608 bits per heavy atom. The van der Waals surface area contributed by atoms with E-state index in [0.29, 0.717) is 12.1 Å². The van der Waals surface area contributed by atoms with Crippen molar-refractivity contribution in [3.8, 4) is 6.07 Å². The third-order valence-corrected chi connectivity index (χ3v) is 9.68. The minimum atomic E-state index is -0.222. The van der Waals surface area contributed by atoms with Gasteiger partial charge in [-0.2, -0.15) is 15.2 Å². The first-order valence-electron chi connectivity index (χ1n) is 18.1. The average molecular weight is 676 g/mol. The molecule has 2 N–H and O–H groups in total. The first-order chi connectivity index (χ1) is 25.0. The van der Waals surface area contributed by atoms with E-state index in [4.69, 9.17) is 25.2 Å². The molecule has 2 aromatic heterocycles. The van der Waals surface area contributed by atoms with Crippen LogP contribution in [0.4, 0.5) is 23.5 Å². The molecule has 258 valence electrons. The van der Waals surface area contributed by atoms with Crippen LogP contribution in [0.5, 0.6) is 0 Å². The second kappa shape index (κ2) is 15.4. The zero-order chi connectivity index (χ0) is 35.0. The van der Waals surface area contributed by atoms with E-state index in [-0.39, 0.29) is 5.54 Å². The number of anilines is 4. The number of piperidine rings is 1. The van der Waals surface area contributed by atoms with Crippen LogP contribution < -0.4 is 20.4 Å². The summed E-state index contributed by atoms with van der Waals surface area (Å²) >= 11 is 0. The second-order valence-corrected chi connectivity index (χ2v) is 13.8. The third kappa shape index (κ3) is 8.02. The van der Waals surface area contributed by atoms with Gasteiger partial charge < -0.3 is 20.4 Å². The second-order valence-electron chi connectivity index (χ2n) is 13.8. The summed E-state index contributed by atoms with van der Waals surface area (Å²) in [6.45, 7) is 9.16. The number of fused-ring (bicyclic) bond motifs is 2. The monoisotopic (exact) mass is 675 g/mol. The van der Waals surface area contributed by atoms with E-state index >= 15 is 0 Å². The van der Waals surface area contributed by atoms with Gasteiger partial charge in [-0.1, -0.05) is 66.7 Å². The van der Waals surface area contributed by atoms with Crippen LogP contribution >= 0.6 is 0 Å². The summed E-state index contributed by atoms with van der Waals surface area (Å²) in [5.41, 5.74) is 4.76. The molecule has 0 saturated carbocycles. The molecule has 6 aromatic rings. The van der Waals surface area contributed by atoms with Crippen LogP contribution in [0, 0.1) is 11.3 Å². The Kier molecular flexibility index (Phi) is 10.2. The molecule has 51 heavy (non-hydrogen) atoms. The van der Waals surface area contributed by atoms with Crippen LogP contribution in [0.3, 0.4) is 0 Å². The number of nitrogens with one attached hydrogen (secondary N) is 2. The normalized spacial score (nSPS) is 14.5. The number of hydrogen-bond acceptors (Lipinski definition) is 9. The van der Waals surface area contributed by atoms with Crippen molar-refractivity contribution in [3.63, 3.8) is 0 Å². The molecule has 2 aliphatic rings. The summed E-state index contributed by atoms with van der Waals surface area (Å²) in [6.07, 6.45) is 6.12. The molecule has 2 fully saturated rings. The van der Waals surface area contributed by atoms with Crippen molar-refractivity contribution in [1.29, 1.82) is 5.26 Å². The lowest BCUT2D eigenvalue weighted by atomic mass is 9.94. The van der Waals surface area contributed by atoms with Crippen LogP contribution in [0.1, 0.15) is 62.6 Å². The Morgan fingerprint density at radius 2 is 1.12 bits per heavy atom. The SMILES string of the molecule is CC(C)(Nc1nc(N2CCCC2)nc2ccccc12)c1ccccc1.N#Cc1ccc(CNc2nc(N3CCCCC3)nc3ccccc23)cc1. The molecule has 2 saturated heterocycles. The first-order valence-corrected chi connectivity index (χ1v) is 18.1. The fourth-order valence-corrected chi connectivity index (χ4v) is 6.76. The number of hydrogen-bond donors (Lipinski definition) is 2. The molecule has 8 rings (SSSR count). The number of rotatable bonds is 8. The number of benzene rings is 4. The van der Waals surface area contributed by atoms with Crippen molar-refractivity contribution in [1.82, 2.24) is 19.9 Å². The molecule has 9 heteroatoms. The summed E-state index contributed by atoms with van der Waals surface area (Å²) in [4.78, 5) is 23.9. The lowest BCUT2D eigenvalue weighted by Gasteiger charge is -2.29. The molecule has 0 radical (unpaired) electrons. The van der Waals surface area contributed by atoms with E-state index < -0.39 is 0 Å². The van der Waals surface area contributed by atoms with E-state index in [1.807, 2.05) is 60.7 Å². The van der Waals surface area contributed by atoms with E-state index in [2.05, 4.69) is 82.8 Å². The van der Waals surface area contributed by atoms with Crippen molar-refractivity contribution in [2.24, 2.45) is 0 Å². The van der Waals surface area contributed by atoms with Gasteiger partial charge in [-0.05, 0) is 93.5 Å². The van der Waals surface area contributed by atoms with Gasteiger partial charge >= 0.3 is 0 Å². The van der Waals surface area contributed by atoms with Crippen LogP contribution in [0.15, 0.2) is 103 Å². The molecular formula is C42H45N9. The van der Waals surface area contributed by atoms with Crippen molar-refractivity contribution >= 4 is 45.3 Å². The smallest absolute Gasteiger partial charge is 0.227 e. The molecule has 4 aromatic carbocycles. The van der Waals surface area contributed by atoms with Gasteiger partial charge in [0, 0.05) is 43.5 Å². The minimum Gasteiger partial charge on any atom is -0.365 e. The Hall–Kier alpha value is -5.75. The quantitative estimate of drug-likeness (QED) is 0.164. The summed E-state index contributed by atoms with van der Waals surface area (Å²) < 4.78 is 0. The summed E-state index contributed by atoms with van der Waals surface area (Å²) in [7, 11) is 0. The van der Waals surface area contributed by atoms with E-state index in [1.54, 1.807) is 0 Å². The maximum Gasteiger partial charge on any atom is 0.227 e. The predicted molar refractivity (Wildman–Crippen MR) is 208 cm³/mol. The van der Waals surface area contributed by atoms with Gasteiger partial charge in [-0.15, -0.1) is 0 Å². The summed E-state index contributed by atoms with van der Waals surface area (Å²) in [6, 6.07) is 36.6. The molecule has 0 unspecified atom stereocenters. The summed E-state index contributed by atoms with van der Waals surface area (Å²) in [5, 5.41) is 18.1. The van der Waals surface area contributed by atoms with Gasteiger partial charge in [-0.25, -0.2) is 9.97 Å². The third-order valence-electron chi connectivity index (χ3n) is 9.68. The van der Waals surface area contributed by atoms with E-state index in [1.165, 1.54) is 37.7 Å². The standard InChI is InChI=1S/C21H21N5.C21H24N4/c22-14-16-8-10-17(11-9-16)15-23-20-18-6-2-3-7-19(18)24-21(25-20)26-12-4-1-5-13-26;1-21(2,16-10-4-3-5-11-16)24-19-17-12-6-7-13-18(17)22-20(23-19)25-14-8-9-15-25/h2-3,6-11H,1,4-5,12-13,15H2,(H,23,24,25);3-7,10-13H,8-9,14-15H2,1-2H3,(H,22,23,24). The molecule has 0 aliphatic carbocycles. The molecule has 0 atom stereocenters. The highest BCUT2D eigenvalue weighted by Gasteiger charge is 2.24. The Bertz CT molecular complexity index is 2110. The maximum atomic E-state index is 8.92. The Labute approximate surface area is 300 Å². The van der Waals surface area contributed by atoms with Gasteiger partial charge in [0.2, 0.25) is 11.9 Å². The fraction of sp³-hybridized carbons (Fsp3) is 0.310. The van der Waals surface area contributed by atoms with Gasteiger partial charge in [0.1, 0.15) is 11.6 Å². The van der Waals surface area contributed by atoms with Gasteiger partial charge in [0.05, 0.1) is 28.2 Å². The highest BCUT2D eigenvalue weighted by atomic mass is 15.3. The number of nitriles is 1. The highest BCUT2D eigenvalue weighted by Crippen LogP contribution is 2.31. The lowest BCUT2D eigenvalue weighted by molar-refractivity contribution is 0.569. The largest absolute Gasteiger partial charge is 0.365 e. The van der Waals surface area contributed by atoms with Gasteiger partial charge in [-0.3, -0.25) is 0 Å². The molecule has 9 nitrogen and oxygen atoms in total. The number of aromatic nitrogens is 4. The van der Waals surface area contributed by atoms with Crippen molar-refractivity contribution < 1.29 is 0 Å². The first kappa shape index (κ1) is 33.7. The summed E-state index contributed by atoms with van der Waals surface area (Å²) in [5.74, 6) is 3.41.